The number of aromatic hydroxyl groups is 1. The zero-order valence-electron chi connectivity index (χ0n) is 30.5. The molecule has 53 heavy (non-hydrogen) atoms. The van der Waals surface area contributed by atoms with Crippen molar-refractivity contribution in [1.29, 1.82) is 0 Å². The number of hydrogen-bond acceptors (Lipinski definition) is 6. The maximum absolute atomic E-state index is 13.1. The molecule has 0 bridgehead atoms. The molecule has 3 aliphatic heterocycles. The zero-order chi connectivity index (χ0) is 36.3. The third-order valence-electron chi connectivity index (χ3n) is 11.8. The molecule has 2 saturated heterocycles. The molecule has 1 aliphatic carbocycles. The van der Waals surface area contributed by atoms with Gasteiger partial charge in [0.2, 0.25) is 5.91 Å². The highest BCUT2D eigenvalue weighted by molar-refractivity contribution is 6.01. The Morgan fingerprint density at radius 2 is 1.58 bits per heavy atom. The summed E-state index contributed by atoms with van der Waals surface area (Å²) in [6.07, 6.45) is 5.41. The van der Waals surface area contributed by atoms with E-state index in [1.165, 1.54) is 27.8 Å². The largest absolute Gasteiger partial charge is 0.508 e. The van der Waals surface area contributed by atoms with Crippen molar-refractivity contribution in [2.45, 2.75) is 62.9 Å². The van der Waals surface area contributed by atoms with Crippen molar-refractivity contribution < 1.29 is 19.4 Å². The molecule has 0 radical (unpaired) electrons. The van der Waals surface area contributed by atoms with E-state index in [4.69, 9.17) is 4.74 Å². The Kier molecular flexibility index (Phi) is 10.3. The van der Waals surface area contributed by atoms with Crippen LogP contribution in [-0.2, 0) is 24.2 Å². The number of phenolic OH excluding ortho intramolecular Hbond substituents is 1. The van der Waals surface area contributed by atoms with Crippen molar-refractivity contribution in [3.05, 3.63) is 142 Å². The van der Waals surface area contributed by atoms with Gasteiger partial charge in [0.1, 0.15) is 24.1 Å². The average Bonchev–Trinajstić information content (AvgIpc) is 3.32. The molecule has 4 aromatic rings. The van der Waals surface area contributed by atoms with Gasteiger partial charge in [-0.15, -0.1) is 0 Å². The standard InChI is InChI=1S/C45H50N4O4/c1-31-8-19-42(44(51)46-31)49-30-36-28-32(9-16-41(36)45(49)52)20-23-47-21-5-22-48(25-24-47)26-27-53-38-14-10-34(11-15-38)43-39(33-6-3-2-4-7-33)17-12-35-29-37(50)13-18-40(35)43/h2-4,6-7,9-11,13-16,18,28-29,39,42-43,50H,1,5,8,12,17,19-27,30H2,(H,46,51)/t39-,42-,43+/m0/s1. The Hall–Kier alpha value is -4.92. The lowest BCUT2D eigenvalue weighted by atomic mass is 9.69. The summed E-state index contributed by atoms with van der Waals surface area (Å²) in [6.45, 7) is 11.1. The maximum atomic E-state index is 13.1. The summed E-state index contributed by atoms with van der Waals surface area (Å²) in [5.74, 6) is 1.68. The van der Waals surface area contributed by atoms with Gasteiger partial charge in [-0.1, -0.05) is 67.2 Å². The molecule has 3 atom stereocenters. The van der Waals surface area contributed by atoms with Gasteiger partial charge in [0, 0.05) is 49.9 Å². The van der Waals surface area contributed by atoms with E-state index in [0.29, 0.717) is 37.7 Å². The molecule has 2 N–H and O–H groups in total. The van der Waals surface area contributed by atoms with Gasteiger partial charge in [0.25, 0.3) is 5.91 Å². The Morgan fingerprint density at radius 3 is 2.38 bits per heavy atom. The second-order valence-electron chi connectivity index (χ2n) is 15.2. The monoisotopic (exact) mass is 710 g/mol. The Morgan fingerprint density at radius 1 is 0.792 bits per heavy atom. The first-order valence-corrected chi connectivity index (χ1v) is 19.4. The van der Waals surface area contributed by atoms with Gasteiger partial charge in [0.05, 0.1) is 0 Å². The second kappa shape index (κ2) is 15.6. The van der Waals surface area contributed by atoms with Crippen molar-refractivity contribution in [3.8, 4) is 11.5 Å². The molecule has 8 heteroatoms. The van der Waals surface area contributed by atoms with E-state index >= 15 is 0 Å². The number of amides is 2. The third kappa shape index (κ3) is 7.75. The Bertz CT molecular complexity index is 1960. The molecule has 4 aliphatic rings. The normalized spacial score (nSPS) is 22.2. The molecular weight excluding hydrogens is 661 g/mol. The van der Waals surface area contributed by atoms with E-state index in [-0.39, 0.29) is 17.7 Å². The summed E-state index contributed by atoms with van der Waals surface area (Å²) in [4.78, 5) is 32.5. The first-order chi connectivity index (χ1) is 25.9. The summed E-state index contributed by atoms with van der Waals surface area (Å²) in [7, 11) is 0. The fourth-order valence-corrected chi connectivity index (χ4v) is 8.96. The van der Waals surface area contributed by atoms with Crippen molar-refractivity contribution in [2.75, 3.05) is 45.9 Å². The SMILES string of the molecule is C=C1CC[C@H](N2Cc3cc(CCN4CCCN(CCOc5ccc([C@H]6c7ccc(O)cc7CC[C@H]6c6ccccc6)cc5)CC4)ccc3C2=O)C(=O)N1. The summed E-state index contributed by atoms with van der Waals surface area (Å²) in [5.41, 5.74) is 8.91. The second-order valence-corrected chi connectivity index (χ2v) is 15.2. The van der Waals surface area contributed by atoms with Gasteiger partial charge >= 0.3 is 0 Å². The predicted octanol–water partition coefficient (Wildman–Crippen LogP) is 6.63. The maximum Gasteiger partial charge on any atom is 0.255 e. The molecule has 274 valence electrons. The van der Waals surface area contributed by atoms with Gasteiger partial charge in [-0.05, 0) is 121 Å². The highest BCUT2D eigenvalue weighted by atomic mass is 16.5. The van der Waals surface area contributed by atoms with Crippen LogP contribution in [0.3, 0.4) is 0 Å². The highest BCUT2D eigenvalue weighted by Gasteiger charge is 2.38. The molecule has 0 spiro atoms. The lowest BCUT2D eigenvalue weighted by molar-refractivity contribution is -0.126. The molecule has 8 rings (SSSR count). The smallest absolute Gasteiger partial charge is 0.255 e. The summed E-state index contributed by atoms with van der Waals surface area (Å²) < 4.78 is 6.28. The minimum atomic E-state index is -0.425. The first kappa shape index (κ1) is 35.1. The Labute approximate surface area is 313 Å². The quantitative estimate of drug-likeness (QED) is 0.192. The van der Waals surface area contributed by atoms with Crippen LogP contribution in [0.1, 0.15) is 81.3 Å². The average molecular weight is 711 g/mol. The molecule has 2 amide bonds. The number of aryl methyl sites for hydroxylation is 1. The van der Waals surface area contributed by atoms with E-state index in [2.05, 4.69) is 94.5 Å². The third-order valence-corrected chi connectivity index (χ3v) is 11.8. The summed E-state index contributed by atoms with van der Waals surface area (Å²) in [5, 5.41) is 13.0. The van der Waals surface area contributed by atoms with Gasteiger partial charge < -0.3 is 25.0 Å². The van der Waals surface area contributed by atoms with Crippen molar-refractivity contribution >= 4 is 11.8 Å². The number of carbonyl (C=O) groups is 2. The van der Waals surface area contributed by atoms with Crippen LogP contribution in [0.15, 0.2) is 103 Å². The van der Waals surface area contributed by atoms with Crippen molar-refractivity contribution in [2.24, 2.45) is 0 Å². The minimum absolute atomic E-state index is 0.0436. The van der Waals surface area contributed by atoms with Crippen molar-refractivity contribution in [1.82, 2.24) is 20.0 Å². The van der Waals surface area contributed by atoms with E-state index in [1.54, 1.807) is 4.90 Å². The lowest BCUT2D eigenvalue weighted by Crippen LogP contribution is -2.49. The molecule has 3 heterocycles. The number of carbonyl (C=O) groups excluding carboxylic acids is 2. The number of phenols is 1. The fourth-order valence-electron chi connectivity index (χ4n) is 8.96. The van der Waals surface area contributed by atoms with Crippen molar-refractivity contribution in [3.63, 3.8) is 0 Å². The number of nitrogens with one attached hydrogen (secondary N) is 1. The van der Waals surface area contributed by atoms with Crippen LogP contribution in [0, 0.1) is 0 Å². The predicted molar refractivity (Wildman–Crippen MR) is 207 cm³/mol. The van der Waals surface area contributed by atoms with E-state index in [1.807, 2.05) is 18.2 Å². The molecule has 4 aromatic carbocycles. The molecule has 2 fully saturated rings. The topological polar surface area (TPSA) is 85.4 Å². The molecule has 0 aromatic heterocycles. The zero-order valence-corrected chi connectivity index (χ0v) is 30.5. The van der Waals surface area contributed by atoms with Crippen LogP contribution in [0.4, 0.5) is 0 Å². The minimum Gasteiger partial charge on any atom is -0.508 e. The van der Waals surface area contributed by atoms with E-state index < -0.39 is 6.04 Å². The number of hydrogen-bond donors (Lipinski definition) is 2. The number of fused-ring (bicyclic) bond motifs is 2. The van der Waals surface area contributed by atoms with Crippen LogP contribution >= 0.6 is 0 Å². The number of allylic oxidation sites excluding steroid dienone is 1. The number of ether oxygens (including phenoxy) is 1. The van der Waals surface area contributed by atoms with E-state index in [0.717, 1.165) is 87.5 Å². The van der Waals surface area contributed by atoms with Crippen LogP contribution in [-0.4, -0.2) is 83.5 Å². The molecule has 0 unspecified atom stereocenters. The van der Waals surface area contributed by atoms with Crippen LogP contribution in [0.2, 0.25) is 0 Å². The molecular formula is C45H50N4O4. The summed E-state index contributed by atoms with van der Waals surface area (Å²) >= 11 is 0. The van der Waals surface area contributed by atoms with Gasteiger partial charge in [-0.3, -0.25) is 14.5 Å². The molecule has 0 saturated carbocycles. The lowest BCUT2D eigenvalue weighted by Gasteiger charge is -2.35. The number of nitrogens with zero attached hydrogens (tertiary/aromatic N) is 3. The fraction of sp³-hybridized carbons (Fsp3) is 0.378. The number of benzene rings is 4. The van der Waals surface area contributed by atoms with Crippen LogP contribution in [0.5, 0.6) is 11.5 Å². The number of rotatable bonds is 10. The summed E-state index contributed by atoms with van der Waals surface area (Å²) in [6, 6.07) is 31.2. The Balaban J connectivity index is 0.814. The first-order valence-electron chi connectivity index (χ1n) is 19.4. The highest BCUT2D eigenvalue weighted by Crippen LogP contribution is 2.47. The van der Waals surface area contributed by atoms with Gasteiger partial charge in [-0.2, -0.15) is 0 Å². The van der Waals surface area contributed by atoms with Gasteiger partial charge in [0.15, 0.2) is 0 Å². The van der Waals surface area contributed by atoms with Crippen LogP contribution in [0.25, 0.3) is 0 Å². The molecule has 8 nitrogen and oxygen atoms in total. The van der Waals surface area contributed by atoms with Gasteiger partial charge in [-0.25, -0.2) is 0 Å². The van der Waals surface area contributed by atoms with Crippen LogP contribution < -0.4 is 10.1 Å². The van der Waals surface area contributed by atoms with E-state index in [9.17, 15) is 14.7 Å². The number of piperidine rings is 1.